The van der Waals surface area contributed by atoms with Gasteiger partial charge in [-0.15, -0.1) is 0 Å². The van der Waals surface area contributed by atoms with Crippen molar-refractivity contribution in [2.75, 3.05) is 36.4 Å². The van der Waals surface area contributed by atoms with Crippen LogP contribution in [0.1, 0.15) is 61.0 Å². The van der Waals surface area contributed by atoms with Crippen LogP contribution in [0.4, 0.5) is 11.4 Å². The van der Waals surface area contributed by atoms with Crippen LogP contribution in [0, 0.1) is 25.7 Å². The number of carbonyl (C=O) groups is 1. The van der Waals surface area contributed by atoms with Crippen molar-refractivity contribution in [2.45, 2.75) is 58.3 Å². The van der Waals surface area contributed by atoms with Gasteiger partial charge < -0.3 is 10.2 Å². The van der Waals surface area contributed by atoms with Gasteiger partial charge in [0.1, 0.15) is 4.90 Å². The highest BCUT2D eigenvalue weighted by Gasteiger charge is 2.32. The van der Waals surface area contributed by atoms with Crippen LogP contribution < -0.4 is 10.2 Å². The molecule has 0 unspecified atom stereocenters. The Hall–Kier alpha value is -2.38. The summed E-state index contributed by atoms with van der Waals surface area (Å²) in [6.07, 6.45) is 3.80. The van der Waals surface area contributed by atoms with E-state index in [0.717, 1.165) is 55.6 Å². The number of aryl methyl sites for hydroxylation is 2. The van der Waals surface area contributed by atoms with E-state index >= 15 is 0 Å². The van der Waals surface area contributed by atoms with E-state index in [0.29, 0.717) is 36.2 Å². The van der Waals surface area contributed by atoms with Gasteiger partial charge in [-0.05, 0) is 81.2 Å². The fraction of sp³-hybridized carbons (Fsp3) is 0.519. The molecule has 0 radical (unpaired) electrons. The van der Waals surface area contributed by atoms with E-state index in [1.165, 1.54) is 0 Å². The lowest BCUT2D eigenvalue weighted by molar-refractivity contribution is 0.102. The van der Waals surface area contributed by atoms with Gasteiger partial charge in [0.15, 0.2) is 0 Å². The summed E-state index contributed by atoms with van der Waals surface area (Å²) in [4.78, 5) is 15.6. The standard InChI is InChI=1S/C27H37N3O3S/c1-19-9-13-29(14-10-19)25-8-6-23(27(31)28-24-7-5-21(3)17-22(24)4)18-26(25)34(32,33)30-15-11-20(2)12-16-30/h5-8,17-20H,9-16H2,1-4H3,(H,28,31). The SMILES string of the molecule is Cc1ccc(NC(=O)c2ccc(N3CCC(C)CC3)c(S(=O)(=O)N3CCC(C)CC3)c2)c(C)c1. The van der Waals surface area contributed by atoms with Gasteiger partial charge in [0.05, 0.1) is 5.69 Å². The average Bonchev–Trinajstić information content (AvgIpc) is 2.81. The van der Waals surface area contributed by atoms with E-state index in [9.17, 15) is 13.2 Å². The first-order valence-corrected chi connectivity index (χ1v) is 13.9. The number of nitrogens with zero attached hydrogens (tertiary/aromatic N) is 2. The molecular formula is C27H37N3O3S. The fourth-order valence-electron chi connectivity index (χ4n) is 4.89. The van der Waals surface area contributed by atoms with Crippen molar-refractivity contribution in [1.29, 1.82) is 0 Å². The third-order valence-corrected chi connectivity index (χ3v) is 9.26. The molecule has 2 heterocycles. The Morgan fingerprint density at radius 3 is 2.12 bits per heavy atom. The summed E-state index contributed by atoms with van der Waals surface area (Å²) >= 11 is 0. The molecule has 0 aromatic heterocycles. The van der Waals surface area contributed by atoms with E-state index in [-0.39, 0.29) is 10.8 Å². The van der Waals surface area contributed by atoms with Gasteiger partial charge in [0.25, 0.3) is 5.91 Å². The number of sulfonamides is 1. The minimum absolute atomic E-state index is 0.255. The maximum atomic E-state index is 13.8. The topological polar surface area (TPSA) is 69.7 Å². The third kappa shape index (κ3) is 5.31. The molecule has 6 nitrogen and oxygen atoms in total. The molecule has 2 aromatic carbocycles. The number of hydrogen-bond donors (Lipinski definition) is 1. The Morgan fingerprint density at radius 2 is 1.50 bits per heavy atom. The van der Waals surface area contributed by atoms with Gasteiger partial charge in [-0.3, -0.25) is 4.79 Å². The lowest BCUT2D eigenvalue weighted by Crippen LogP contribution is -2.39. The number of amides is 1. The van der Waals surface area contributed by atoms with Gasteiger partial charge in [-0.1, -0.05) is 31.5 Å². The minimum atomic E-state index is -3.71. The smallest absolute Gasteiger partial charge is 0.255 e. The quantitative estimate of drug-likeness (QED) is 0.634. The van der Waals surface area contributed by atoms with Crippen molar-refractivity contribution >= 4 is 27.3 Å². The van der Waals surface area contributed by atoms with Gasteiger partial charge in [0, 0.05) is 37.4 Å². The van der Waals surface area contributed by atoms with Gasteiger partial charge in [0.2, 0.25) is 10.0 Å². The second-order valence-electron chi connectivity index (χ2n) is 10.2. The number of benzene rings is 2. The summed E-state index contributed by atoms with van der Waals surface area (Å²) in [5.74, 6) is 0.876. The summed E-state index contributed by atoms with van der Waals surface area (Å²) < 4.78 is 29.2. The molecule has 4 rings (SSSR count). The molecular weight excluding hydrogens is 446 g/mol. The summed E-state index contributed by atoms with van der Waals surface area (Å²) in [6, 6.07) is 11.0. The summed E-state index contributed by atoms with van der Waals surface area (Å²) in [7, 11) is -3.71. The Kier molecular flexibility index (Phi) is 7.33. The normalized spacial score (nSPS) is 18.8. The number of anilines is 2. The monoisotopic (exact) mass is 483 g/mol. The van der Waals surface area contributed by atoms with E-state index in [1.54, 1.807) is 16.4 Å². The highest BCUT2D eigenvalue weighted by atomic mass is 32.2. The molecule has 7 heteroatoms. The molecule has 2 saturated heterocycles. The fourth-order valence-corrected chi connectivity index (χ4v) is 6.59. The zero-order valence-corrected chi connectivity index (χ0v) is 21.6. The predicted octanol–water partition coefficient (Wildman–Crippen LogP) is 5.21. The van der Waals surface area contributed by atoms with Gasteiger partial charge >= 0.3 is 0 Å². The lowest BCUT2D eigenvalue weighted by atomic mass is 9.98. The van der Waals surface area contributed by atoms with Crippen LogP contribution >= 0.6 is 0 Å². The van der Waals surface area contributed by atoms with E-state index in [2.05, 4.69) is 24.1 Å². The Morgan fingerprint density at radius 1 is 0.882 bits per heavy atom. The maximum Gasteiger partial charge on any atom is 0.255 e. The van der Waals surface area contributed by atoms with Crippen LogP contribution in [0.5, 0.6) is 0 Å². The van der Waals surface area contributed by atoms with Crippen molar-refractivity contribution in [1.82, 2.24) is 4.31 Å². The highest BCUT2D eigenvalue weighted by molar-refractivity contribution is 7.89. The average molecular weight is 484 g/mol. The Bertz CT molecular complexity index is 1150. The number of nitrogens with one attached hydrogen (secondary N) is 1. The van der Waals surface area contributed by atoms with Crippen LogP contribution in [0.2, 0.25) is 0 Å². The molecule has 0 saturated carbocycles. The van der Waals surface area contributed by atoms with Crippen molar-refractivity contribution in [2.24, 2.45) is 11.8 Å². The first-order valence-electron chi connectivity index (χ1n) is 12.4. The highest BCUT2D eigenvalue weighted by Crippen LogP contribution is 2.34. The molecule has 2 fully saturated rings. The van der Waals surface area contributed by atoms with Crippen LogP contribution in [-0.4, -0.2) is 44.8 Å². The van der Waals surface area contributed by atoms with Gasteiger partial charge in [-0.25, -0.2) is 8.42 Å². The minimum Gasteiger partial charge on any atom is -0.370 e. The summed E-state index contributed by atoms with van der Waals surface area (Å²) in [6.45, 7) is 11.1. The summed E-state index contributed by atoms with van der Waals surface area (Å²) in [5.41, 5.74) is 3.91. The zero-order valence-electron chi connectivity index (χ0n) is 20.8. The molecule has 0 spiro atoms. The largest absolute Gasteiger partial charge is 0.370 e. The van der Waals surface area contributed by atoms with Crippen LogP contribution in [0.15, 0.2) is 41.3 Å². The second kappa shape index (κ2) is 10.1. The molecule has 34 heavy (non-hydrogen) atoms. The first-order chi connectivity index (χ1) is 16.1. The molecule has 0 aliphatic carbocycles. The van der Waals surface area contributed by atoms with Crippen LogP contribution in [0.25, 0.3) is 0 Å². The molecule has 0 bridgehead atoms. The molecule has 2 aliphatic heterocycles. The zero-order chi connectivity index (χ0) is 24.5. The molecule has 1 amide bonds. The molecule has 2 aromatic rings. The van der Waals surface area contributed by atoms with Crippen molar-refractivity contribution in [3.05, 3.63) is 53.1 Å². The number of carbonyl (C=O) groups excluding carboxylic acids is 1. The van der Waals surface area contributed by atoms with E-state index < -0.39 is 10.0 Å². The van der Waals surface area contributed by atoms with Crippen molar-refractivity contribution < 1.29 is 13.2 Å². The first kappa shape index (κ1) is 24.7. The van der Waals surface area contributed by atoms with Crippen LogP contribution in [0.3, 0.4) is 0 Å². The lowest BCUT2D eigenvalue weighted by Gasteiger charge is -2.35. The van der Waals surface area contributed by atoms with E-state index in [1.807, 2.05) is 38.1 Å². The summed E-state index contributed by atoms with van der Waals surface area (Å²) in [5, 5.41) is 2.96. The number of piperidine rings is 2. The van der Waals surface area contributed by atoms with E-state index in [4.69, 9.17) is 0 Å². The third-order valence-electron chi connectivity index (χ3n) is 7.34. The van der Waals surface area contributed by atoms with Gasteiger partial charge in [-0.2, -0.15) is 4.31 Å². The number of hydrogen-bond acceptors (Lipinski definition) is 4. The van der Waals surface area contributed by atoms with Crippen molar-refractivity contribution in [3.63, 3.8) is 0 Å². The number of rotatable bonds is 5. The molecule has 2 aliphatic rings. The predicted molar refractivity (Wildman–Crippen MR) is 138 cm³/mol. The second-order valence-corrected chi connectivity index (χ2v) is 12.1. The van der Waals surface area contributed by atoms with Crippen LogP contribution in [-0.2, 0) is 10.0 Å². The molecule has 184 valence electrons. The Labute approximate surface area is 204 Å². The molecule has 1 N–H and O–H groups in total. The Balaban J connectivity index is 1.69. The van der Waals surface area contributed by atoms with Crippen molar-refractivity contribution in [3.8, 4) is 0 Å². The molecule has 0 atom stereocenters. The maximum absolute atomic E-state index is 13.8.